The van der Waals surface area contributed by atoms with Crippen molar-refractivity contribution in [2.45, 2.75) is 37.9 Å². The first-order chi connectivity index (χ1) is 5.25. The first kappa shape index (κ1) is 8.75. The van der Waals surface area contributed by atoms with Crippen LogP contribution in [0.4, 0.5) is 0 Å². The molecule has 0 aromatic rings. The molecule has 1 saturated carbocycles. The van der Waals surface area contributed by atoms with E-state index >= 15 is 0 Å². The molecule has 2 nitrogen and oxygen atoms in total. The molecule has 0 spiro atoms. The van der Waals surface area contributed by atoms with Crippen molar-refractivity contribution in [3.05, 3.63) is 12.7 Å². The molecular weight excluding hydrogens is 140 g/mol. The van der Waals surface area contributed by atoms with Gasteiger partial charge in [0.05, 0.1) is 12.2 Å². The van der Waals surface area contributed by atoms with Crippen LogP contribution in [0.1, 0.15) is 25.7 Å². The lowest BCUT2D eigenvalue weighted by molar-refractivity contribution is 0.00787. The van der Waals surface area contributed by atoms with E-state index in [4.69, 9.17) is 0 Å². The molecule has 1 fully saturated rings. The van der Waals surface area contributed by atoms with Crippen molar-refractivity contribution < 1.29 is 10.2 Å². The zero-order valence-electron chi connectivity index (χ0n) is 6.74. The normalized spacial score (nSPS) is 34.7. The summed E-state index contributed by atoms with van der Waals surface area (Å²) in [5.74, 6) is 0.0289. The summed E-state index contributed by atoms with van der Waals surface area (Å²) < 4.78 is 0. The summed E-state index contributed by atoms with van der Waals surface area (Å²) in [5, 5.41) is 18.8. The highest BCUT2D eigenvalue weighted by Gasteiger charge is 2.27. The van der Waals surface area contributed by atoms with Gasteiger partial charge in [-0.15, -0.1) is 6.58 Å². The lowest BCUT2D eigenvalue weighted by atomic mass is 9.83. The van der Waals surface area contributed by atoms with Crippen LogP contribution in [0.5, 0.6) is 0 Å². The molecule has 0 radical (unpaired) electrons. The van der Waals surface area contributed by atoms with E-state index in [2.05, 4.69) is 6.58 Å². The maximum Gasteiger partial charge on any atom is 0.0771 e. The highest BCUT2D eigenvalue weighted by molar-refractivity contribution is 4.89. The molecule has 2 heteroatoms. The lowest BCUT2D eigenvalue weighted by Crippen LogP contribution is -2.33. The van der Waals surface area contributed by atoms with Crippen LogP contribution in [0.2, 0.25) is 0 Å². The van der Waals surface area contributed by atoms with Crippen LogP contribution in [0.15, 0.2) is 12.7 Å². The second-order valence-electron chi connectivity index (χ2n) is 3.24. The van der Waals surface area contributed by atoms with E-state index in [1.54, 1.807) is 0 Å². The van der Waals surface area contributed by atoms with Crippen LogP contribution in [0.3, 0.4) is 0 Å². The predicted octanol–water partition coefficient (Wildman–Crippen LogP) is 1.08. The average Bonchev–Trinajstić information content (AvgIpc) is 2.04. The van der Waals surface area contributed by atoms with Gasteiger partial charge in [-0.2, -0.15) is 0 Å². The summed E-state index contributed by atoms with van der Waals surface area (Å²) in [6.45, 7) is 3.51. The Morgan fingerprint density at radius 1 is 1.36 bits per heavy atom. The van der Waals surface area contributed by atoms with Gasteiger partial charge in [-0.05, 0) is 12.8 Å². The van der Waals surface area contributed by atoms with E-state index in [-0.39, 0.29) is 12.0 Å². The first-order valence-corrected chi connectivity index (χ1v) is 4.24. The fourth-order valence-electron chi connectivity index (χ4n) is 1.71. The summed E-state index contributed by atoms with van der Waals surface area (Å²) in [6.07, 6.45) is 4.62. The Morgan fingerprint density at radius 2 is 2.00 bits per heavy atom. The van der Waals surface area contributed by atoms with E-state index in [1.165, 1.54) is 6.08 Å². The number of hydrogen-bond donors (Lipinski definition) is 2. The van der Waals surface area contributed by atoms with E-state index in [1.807, 2.05) is 0 Å². The number of aliphatic hydroxyl groups excluding tert-OH is 2. The van der Waals surface area contributed by atoms with Crippen molar-refractivity contribution >= 4 is 0 Å². The molecule has 0 bridgehead atoms. The van der Waals surface area contributed by atoms with Gasteiger partial charge in [0.1, 0.15) is 0 Å². The topological polar surface area (TPSA) is 40.5 Å². The van der Waals surface area contributed by atoms with Crippen LogP contribution < -0.4 is 0 Å². The van der Waals surface area contributed by atoms with Gasteiger partial charge in [0.2, 0.25) is 0 Å². The van der Waals surface area contributed by atoms with Crippen molar-refractivity contribution in [2.24, 2.45) is 5.92 Å². The van der Waals surface area contributed by atoms with E-state index in [0.717, 1.165) is 25.7 Å². The van der Waals surface area contributed by atoms with Gasteiger partial charge in [-0.1, -0.05) is 18.9 Å². The summed E-state index contributed by atoms with van der Waals surface area (Å²) in [5.41, 5.74) is 0. The largest absolute Gasteiger partial charge is 0.393 e. The zero-order valence-corrected chi connectivity index (χ0v) is 6.74. The molecule has 0 heterocycles. The second kappa shape index (κ2) is 3.88. The van der Waals surface area contributed by atoms with Crippen molar-refractivity contribution in [2.75, 3.05) is 0 Å². The van der Waals surface area contributed by atoms with Gasteiger partial charge in [0.25, 0.3) is 0 Å². The van der Waals surface area contributed by atoms with E-state index < -0.39 is 6.10 Å². The van der Waals surface area contributed by atoms with Crippen molar-refractivity contribution in [1.29, 1.82) is 0 Å². The first-order valence-electron chi connectivity index (χ1n) is 4.24. The van der Waals surface area contributed by atoms with E-state index in [0.29, 0.717) is 0 Å². The Kier molecular flexibility index (Phi) is 3.09. The molecule has 3 atom stereocenters. The van der Waals surface area contributed by atoms with Gasteiger partial charge >= 0.3 is 0 Å². The van der Waals surface area contributed by atoms with Crippen molar-refractivity contribution in [3.8, 4) is 0 Å². The minimum Gasteiger partial charge on any atom is -0.393 e. The molecule has 1 aliphatic carbocycles. The molecule has 0 aromatic carbocycles. The van der Waals surface area contributed by atoms with Gasteiger partial charge < -0.3 is 10.2 Å². The minimum absolute atomic E-state index is 0.0289. The van der Waals surface area contributed by atoms with Crippen LogP contribution in [0, 0.1) is 5.92 Å². The fourth-order valence-corrected chi connectivity index (χ4v) is 1.71. The average molecular weight is 156 g/mol. The second-order valence-corrected chi connectivity index (χ2v) is 3.24. The van der Waals surface area contributed by atoms with Crippen LogP contribution in [-0.4, -0.2) is 22.4 Å². The summed E-state index contributed by atoms with van der Waals surface area (Å²) in [7, 11) is 0. The Labute approximate surface area is 67.6 Å². The third-order valence-electron chi connectivity index (χ3n) is 2.46. The van der Waals surface area contributed by atoms with Gasteiger partial charge in [-0.3, -0.25) is 0 Å². The molecule has 2 N–H and O–H groups in total. The van der Waals surface area contributed by atoms with Crippen LogP contribution >= 0.6 is 0 Å². The molecule has 0 aliphatic heterocycles. The Bertz CT molecular complexity index is 134. The number of rotatable bonds is 2. The Hall–Kier alpha value is -0.340. The molecule has 0 amide bonds. The standard InChI is InChI=1S/C9H16O2/c1-2-8(10)7-5-3-4-6-9(7)11/h2,7-11H,1,3-6H2/t7-,8-,9+/m0/s1. The highest BCUT2D eigenvalue weighted by atomic mass is 16.3. The monoisotopic (exact) mass is 156 g/mol. The molecule has 1 rings (SSSR count). The Morgan fingerprint density at radius 3 is 2.55 bits per heavy atom. The molecule has 0 aromatic heterocycles. The summed E-state index contributed by atoms with van der Waals surface area (Å²) >= 11 is 0. The molecule has 64 valence electrons. The van der Waals surface area contributed by atoms with Gasteiger partial charge in [-0.25, -0.2) is 0 Å². The molecule has 1 aliphatic rings. The molecule has 0 unspecified atom stereocenters. The maximum absolute atomic E-state index is 9.46. The molecular formula is C9H16O2. The van der Waals surface area contributed by atoms with Crippen molar-refractivity contribution in [3.63, 3.8) is 0 Å². The summed E-state index contributed by atoms with van der Waals surface area (Å²) in [4.78, 5) is 0. The van der Waals surface area contributed by atoms with Crippen molar-refractivity contribution in [1.82, 2.24) is 0 Å². The highest BCUT2D eigenvalue weighted by Crippen LogP contribution is 2.27. The van der Waals surface area contributed by atoms with Gasteiger partial charge in [0.15, 0.2) is 0 Å². The summed E-state index contributed by atoms with van der Waals surface area (Å²) in [6, 6.07) is 0. The van der Waals surface area contributed by atoms with Gasteiger partial charge in [0, 0.05) is 5.92 Å². The Balaban J connectivity index is 2.46. The third kappa shape index (κ3) is 2.04. The maximum atomic E-state index is 9.46. The van der Waals surface area contributed by atoms with Crippen LogP contribution in [-0.2, 0) is 0 Å². The predicted molar refractivity (Wildman–Crippen MR) is 44.2 cm³/mol. The smallest absolute Gasteiger partial charge is 0.0771 e. The minimum atomic E-state index is -0.523. The third-order valence-corrected chi connectivity index (χ3v) is 2.46. The SMILES string of the molecule is C=C[C@H](O)[C@@H]1CCCC[C@H]1O. The zero-order chi connectivity index (χ0) is 8.27. The molecule has 0 saturated heterocycles. The van der Waals surface area contributed by atoms with E-state index in [9.17, 15) is 10.2 Å². The number of aliphatic hydroxyl groups is 2. The quantitative estimate of drug-likeness (QED) is 0.587. The molecule has 11 heavy (non-hydrogen) atoms. The van der Waals surface area contributed by atoms with Crippen LogP contribution in [0.25, 0.3) is 0 Å². The lowest BCUT2D eigenvalue weighted by Gasteiger charge is -2.29. The fraction of sp³-hybridized carbons (Fsp3) is 0.778. The number of hydrogen-bond acceptors (Lipinski definition) is 2.